The molecule has 0 aliphatic heterocycles. The van der Waals surface area contributed by atoms with Crippen molar-refractivity contribution in [3.05, 3.63) is 27.7 Å². The van der Waals surface area contributed by atoms with Crippen LogP contribution in [0, 0.1) is 11.3 Å². The molecule has 0 saturated carbocycles. The fraction of sp³-hybridized carbons (Fsp3) is 0.300. The van der Waals surface area contributed by atoms with Crippen LogP contribution in [0.15, 0.2) is 12.1 Å². The molecule has 1 aromatic carbocycles. The molecule has 3 nitrogen and oxygen atoms in total. The maximum Gasteiger partial charge on any atom is 0.138 e. The summed E-state index contributed by atoms with van der Waals surface area (Å²) in [5.41, 5.74) is 0.845. The number of nitrogens with one attached hydrogen (secondary N) is 1. The van der Waals surface area contributed by atoms with Crippen molar-refractivity contribution in [2.45, 2.75) is 6.54 Å². The van der Waals surface area contributed by atoms with Crippen molar-refractivity contribution in [1.29, 1.82) is 5.26 Å². The lowest BCUT2D eigenvalue weighted by Crippen LogP contribution is -2.13. The molecule has 5 heteroatoms. The molecule has 1 aromatic rings. The third kappa shape index (κ3) is 3.28. The minimum atomic E-state index is 0.278. The standard InChI is InChI=1S/C10H10Cl2N2O/c1-15-10-5-8(11)7(4-9(10)12)6-14-3-2-13/h4-5,14H,3,6H2,1H3. The first-order chi connectivity index (χ1) is 7.19. The van der Waals surface area contributed by atoms with Crippen LogP contribution in [0.2, 0.25) is 10.0 Å². The molecule has 1 rings (SSSR count). The molecule has 15 heavy (non-hydrogen) atoms. The maximum absolute atomic E-state index is 8.36. The van der Waals surface area contributed by atoms with Gasteiger partial charge < -0.3 is 10.1 Å². The van der Waals surface area contributed by atoms with Crippen LogP contribution in [0.5, 0.6) is 5.75 Å². The van der Waals surface area contributed by atoms with Gasteiger partial charge in [-0.15, -0.1) is 0 Å². The molecule has 0 radical (unpaired) electrons. The summed E-state index contributed by atoms with van der Waals surface area (Å²) in [6.45, 7) is 0.788. The fourth-order valence-electron chi connectivity index (χ4n) is 1.11. The van der Waals surface area contributed by atoms with Gasteiger partial charge in [-0.25, -0.2) is 0 Å². The Balaban J connectivity index is 2.81. The van der Waals surface area contributed by atoms with E-state index in [0.29, 0.717) is 22.3 Å². The van der Waals surface area contributed by atoms with Gasteiger partial charge in [0.05, 0.1) is 24.7 Å². The van der Waals surface area contributed by atoms with Gasteiger partial charge >= 0.3 is 0 Å². The molecule has 1 N–H and O–H groups in total. The lowest BCUT2D eigenvalue weighted by Gasteiger charge is -2.08. The zero-order valence-electron chi connectivity index (χ0n) is 8.18. The summed E-state index contributed by atoms with van der Waals surface area (Å²) in [6, 6.07) is 5.37. The summed E-state index contributed by atoms with van der Waals surface area (Å²) in [5, 5.41) is 12.4. The minimum Gasteiger partial charge on any atom is -0.495 e. The molecule has 0 bridgehead atoms. The average Bonchev–Trinajstić information content (AvgIpc) is 2.23. The van der Waals surface area contributed by atoms with E-state index in [-0.39, 0.29) is 6.54 Å². The number of hydrogen-bond donors (Lipinski definition) is 1. The zero-order valence-corrected chi connectivity index (χ0v) is 9.69. The van der Waals surface area contributed by atoms with E-state index in [9.17, 15) is 0 Å². The van der Waals surface area contributed by atoms with Crippen LogP contribution in [0.3, 0.4) is 0 Å². The highest BCUT2D eigenvalue weighted by atomic mass is 35.5. The minimum absolute atomic E-state index is 0.278. The summed E-state index contributed by atoms with van der Waals surface area (Å²) >= 11 is 11.9. The highest BCUT2D eigenvalue weighted by Crippen LogP contribution is 2.30. The van der Waals surface area contributed by atoms with Gasteiger partial charge in [0, 0.05) is 17.6 Å². The molecule has 80 valence electrons. The van der Waals surface area contributed by atoms with Crippen LogP contribution < -0.4 is 10.1 Å². The van der Waals surface area contributed by atoms with Crippen LogP contribution in [0.4, 0.5) is 0 Å². The second-order valence-electron chi connectivity index (χ2n) is 2.84. The van der Waals surface area contributed by atoms with Gasteiger partial charge in [0.15, 0.2) is 0 Å². The van der Waals surface area contributed by atoms with Gasteiger partial charge in [-0.1, -0.05) is 23.2 Å². The Morgan fingerprint density at radius 1 is 1.40 bits per heavy atom. The van der Waals surface area contributed by atoms with Gasteiger partial charge in [0.1, 0.15) is 5.75 Å². The molecule has 0 fully saturated rings. The largest absolute Gasteiger partial charge is 0.495 e. The molecule has 0 spiro atoms. The molecule has 0 aliphatic rings. The first kappa shape index (κ1) is 12.1. The second kappa shape index (κ2) is 5.82. The van der Waals surface area contributed by atoms with E-state index in [2.05, 4.69) is 5.32 Å². The number of halogens is 2. The summed E-state index contributed by atoms with van der Waals surface area (Å²) in [6.07, 6.45) is 0. The van der Waals surface area contributed by atoms with E-state index >= 15 is 0 Å². The molecule has 0 unspecified atom stereocenters. The molecule has 0 saturated heterocycles. The quantitative estimate of drug-likeness (QED) is 0.655. The molecule has 0 aliphatic carbocycles. The van der Waals surface area contributed by atoms with E-state index in [1.54, 1.807) is 12.1 Å². The van der Waals surface area contributed by atoms with Crippen molar-refractivity contribution >= 4 is 23.2 Å². The van der Waals surface area contributed by atoms with Crippen LogP contribution in [0.1, 0.15) is 5.56 Å². The predicted molar refractivity (Wildman–Crippen MR) is 60.3 cm³/mol. The van der Waals surface area contributed by atoms with Gasteiger partial charge in [-0.05, 0) is 11.6 Å². The molecule has 0 amide bonds. The van der Waals surface area contributed by atoms with Gasteiger partial charge in [-0.2, -0.15) is 5.26 Å². The van der Waals surface area contributed by atoms with Crippen LogP contribution in [-0.2, 0) is 6.54 Å². The summed E-state index contributed by atoms with van der Waals surface area (Å²) < 4.78 is 5.02. The number of hydrogen-bond acceptors (Lipinski definition) is 3. The molecule has 0 atom stereocenters. The van der Waals surface area contributed by atoms with E-state index in [0.717, 1.165) is 5.56 Å². The summed E-state index contributed by atoms with van der Waals surface area (Å²) in [5.74, 6) is 0.547. The number of methoxy groups -OCH3 is 1. The van der Waals surface area contributed by atoms with Crippen LogP contribution in [-0.4, -0.2) is 13.7 Å². The molecular weight excluding hydrogens is 235 g/mol. The second-order valence-corrected chi connectivity index (χ2v) is 3.65. The maximum atomic E-state index is 8.36. The van der Waals surface area contributed by atoms with E-state index in [1.807, 2.05) is 6.07 Å². The molecule has 0 aromatic heterocycles. The van der Waals surface area contributed by atoms with Gasteiger partial charge in [-0.3, -0.25) is 0 Å². The van der Waals surface area contributed by atoms with Crippen LogP contribution >= 0.6 is 23.2 Å². The number of benzene rings is 1. The number of ether oxygens (including phenoxy) is 1. The summed E-state index contributed by atoms with van der Waals surface area (Å²) in [4.78, 5) is 0. The van der Waals surface area contributed by atoms with Crippen molar-refractivity contribution in [3.8, 4) is 11.8 Å². The fourth-order valence-corrected chi connectivity index (χ4v) is 1.60. The van der Waals surface area contributed by atoms with Crippen molar-refractivity contribution < 1.29 is 4.74 Å². The van der Waals surface area contributed by atoms with Gasteiger partial charge in [0.2, 0.25) is 0 Å². The third-order valence-electron chi connectivity index (χ3n) is 1.84. The predicted octanol–water partition coefficient (Wildman–Crippen LogP) is 2.62. The smallest absolute Gasteiger partial charge is 0.138 e. The molecular formula is C10H10Cl2N2O. The SMILES string of the molecule is COc1cc(Cl)c(CNCC#N)cc1Cl. The number of nitrogens with zero attached hydrogens (tertiary/aromatic N) is 1. The van der Waals surface area contributed by atoms with Crippen molar-refractivity contribution in [2.24, 2.45) is 0 Å². The topological polar surface area (TPSA) is 45.0 Å². The lowest BCUT2D eigenvalue weighted by atomic mass is 10.2. The van der Waals surface area contributed by atoms with Crippen molar-refractivity contribution in [3.63, 3.8) is 0 Å². The van der Waals surface area contributed by atoms with Crippen molar-refractivity contribution in [1.82, 2.24) is 5.32 Å². The average molecular weight is 245 g/mol. The first-order valence-electron chi connectivity index (χ1n) is 4.28. The van der Waals surface area contributed by atoms with Gasteiger partial charge in [0.25, 0.3) is 0 Å². The third-order valence-corrected chi connectivity index (χ3v) is 2.49. The Kier molecular flexibility index (Phi) is 4.70. The Labute approximate surface area is 98.6 Å². The Morgan fingerprint density at radius 3 is 2.73 bits per heavy atom. The Bertz CT molecular complexity index is 388. The molecule has 0 heterocycles. The van der Waals surface area contributed by atoms with Crippen molar-refractivity contribution in [2.75, 3.05) is 13.7 Å². The van der Waals surface area contributed by atoms with E-state index < -0.39 is 0 Å². The first-order valence-corrected chi connectivity index (χ1v) is 5.04. The summed E-state index contributed by atoms with van der Waals surface area (Å²) in [7, 11) is 1.53. The highest BCUT2D eigenvalue weighted by molar-refractivity contribution is 6.34. The Hall–Kier alpha value is -0.950. The highest BCUT2D eigenvalue weighted by Gasteiger charge is 2.06. The zero-order chi connectivity index (χ0) is 11.3. The number of rotatable bonds is 4. The van der Waals surface area contributed by atoms with E-state index in [4.69, 9.17) is 33.2 Å². The number of nitriles is 1. The normalized spacial score (nSPS) is 9.73. The Morgan fingerprint density at radius 2 is 2.13 bits per heavy atom. The monoisotopic (exact) mass is 244 g/mol. The lowest BCUT2D eigenvalue weighted by molar-refractivity contribution is 0.415. The van der Waals surface area contributed by atoms with E-state index in [1.165, 1.54) is 7.11 Å². The van der Waals surface area contributed by atoms with Crippen LogP contribution in [0.25, 0.3) is 0 Å².